The summed E-state index contributed by atoms with van der Waals surface area (Å²) < 4.78 is 1.23. The molecule has 0 saturated carbocycles. The van der Waals surface area contributed by atoms with Crippen LogP contribution in [0.4, 0.5) is 0 Å². The van der Waals surface area contributed by atoms with Crippen molar-refractivity contribution in [1.82, 2.24) is 10.4 Å². The van der Waals surface area contributed by atoms with E-state index in [1.807, 2.05) is 12.1 Å². The molecule has 1 aromatic carbocycles. The van der Waals surface area contributed by atoms with Crippen LogP contribution in [0, 0.1) is 6.92 Å². The van der Waals surface area contributed by atoms with E-state index in [0.717, 1.165) is 16.9 Å². The fourth-order valence-electron chi connectivity index (χ4n) is 2.06. The van der Waals surface area contributed by atoms with Gasteiger partial charge in [0.1, 0.15) is 0 Å². The van der Waals surface area contributed by atoms with Crippen molar-refractivity contribution in [2.75, 3.05) is 0 Å². The van der Waals surface area contributed by atoms with Crippen LogP contribution in [0.5, 0.6) is 0 Å². The molecule has 0 fully saturated rings. The third kappa shape index (κ3) is 2.69. The van der Waals surface area contributed by atoms with E-state index in [0.29, 0.717) is 0 Å². The Morgan fingerprint density at radius 2 is 2.05 bits per heavy atom. The molecule has 2 heterocycles. The molecule has 0 bridgehead atoms. The van der Waals surface area contributed by atoms with Crippen LogP contribution < -0.4 is 11.3 Å². The van der Waals surface area contributed by atoms with Crippen molar-refractivity contribution in [3.63, 3.8) is 0 Å². The number of para-hydroxylation sites is 1. The fourth-order valence-corrected chi connectivity index (χ4v) is 4.01. The zero-order chi connectivity index (χ0) is 13.2. The molecule has 3 N–H and O–H groups in total. The zero-order valence-corrected chi connectivity index (χ0v) is 12.2. The van der Waals surface area contributed by atoms with Gasteiger partial charge in [-0.2, -0.15) is 0 Å². The maximum Gasteiger partial charge on any atom is 0.0958 e. The maximum absolute atomic E-state index is 5.69. The second-order valence-electron chi connectivity index (χ2n) is 4.45. The van der Waals surface area contributed by atoms with E-state index < -0.39 is 0 Å². The van der Waals surface area contributed by atoms with Gasteiger partial charge in [-0.05, 0) is 31.2 Å². The standard InChI is InChI=1S/C14H15N3S2/c1-9-6-7-13(18-9)11(17-15)8-14-16-10-4-2-3-5-12(10)19-14/h2-7,11,17H,8,15H2,1H3. The summed E-state index contributed by atoms with van der Waals surface area (Å²) in [6.07, 6.45) is 0.829. The highest BCUT2D eigenvalue weighted by Crippen LogP contribution is 2.28. The zero-order valence-electron chi connectivity index (χ0n) is 10.6. The Morgan fingerprint density at radius 3 is 2.74 bits per heavy atom. The summed E-state index contributed by atoms with van der Waals surface area (Å²) in [6.45, 7) is 2.11. The Hall–Kier alpha value is -1.27. The number of aryl methyl sites for hydroxylation is 1. The normalized spacial score (nSPS) is 12.9. The van der Waals surface area contributed by atoms with Crippen LogP contribution in [-0.2, 0) is 6.42 Å². The molecule has 1 atom stereocenters. The van der Waals surface area contributed by atoms with Gasteiger partial charge < -0.3 is 0 Å². The third-order valence-corrected chi connectivity index (χ3v) is 5.20. The Morgan fingerprint density at radius 1 is 1.21 bits per heavy atom. The number of aromatic nitrogens is 1. The number of nitrogens with one attached hydrogen (secondary N) is 1. The summed E-state index contributed by atoms with van der Waals surface area (Å²) in [4.78, 5) is 7.23. The minimum atomic E-state index is 0.138. The number of nitrogens with two attached hydrogens (primary N) is 1. The predicted molar refractivity (Wildman–Crippen MR) is 82.4 cm³/mol. The summed E-state index contributed by atoms with van der Waals surface area (Å²) in [5, 5.41) is 1.12. The molecule has 3 nitrogen and oxygen atoms in total. The van der Waals surface area contributed by atoms with Gasteiger partial charge in [0, 0.05) is 16.2 Å². The molecule has 0 amide bonds. The molecule has 3 rings (SSSR count). The van der Waals surface area contributed by atoms with E-state index in [-0.39, 0.29) is 6.04 Å². The molecule has 19 heavy (non-hydrogen) atoms. The first-order valence-electron chi connectivity index (χ1n) is 6.13. The Kier molecular flexibility index (Phi) is 3.61. The molecule has 3 aromatic rings. The van der Waals surface area contributed by atoms with E-state index >= 15 is 0 Å². The molecular weight excluding hydrogens is 274 g/mol. The number of benzene rings is 1. The quantitative estimate of drug-likeness (QED) is 0.571. The summed E-state index contributed by atoms with van der Waals surface area (Å²) in [7, 11) is 0. The molecule has 0 aliphatic rings. The average molecular weight is 289 g/mol. The molecule has 0 radical (unpaired) electrons. The molecule has 0 saturated heterocycles. The van der Waals surface area contributed by atoms with Crippen LogP contribution in [0.25, 0.3) is 10.2 Å². The number of hydrogen-bond donors (Lipinski definition) is 2. The number of hydrogen-bond acceptors (Lipinski definition) is 5. The van der Waals surface area contributed by atoms with Crippen LogP contribution >= 0.6 is 22.7 Å². The second kappa shape index (κ2) is 5.38. The summed E-state index contributed by atoms with van der Waals surface area (Å²) in [5.41, 5.74) is 3.97. The fraction of sp³-hybridized carbons (Fsp3) is 0.214. The molecule has 0 aliphatic carbocycles. The summed E-state index contributed by atoms with van der Waals surface area (Å²) in [5.74, 6) is 5.69. The third-order valence-electron chi connectivity index (χ3n) is 3.02. The molecule has 0 spiro atoms. The predicted octanol–water partition coefficient (Wildman–Crippen LogP) is 3.41. The van der Waals surface area contributed by atoms with Gasteiger partial charge in [0.05, 0.1) is 21.3 Å². The topological polar surface area (TPSA) is 50.9 Å². The summed E-state index contributed by atoms with van der Waals surface area (Å²) in [6, 6.07) is 12.6. The average Bonchev–Trinajstić information content (AvgIpc) is 3.01. The van der Waals surface area contributed by atoms with Crippen molar-refractivity contribution in [2.45, 2.75) is 19.4 Å². The molecule has 98 valence electrons. The largest absolute Gasteiger partial charge is 0.271 e. The van der Waals surface area contributed by atoms with E-state index in [1.54, 1.807) is 22.7 Å². The van der Waals surface area contributed by atoms with Crippen molar-refractivity contribution >= 4 is 32.9 Å². The number of thiazole rings is 1. The van der Waals surface area contributed by atoms with Crippen molar-refractivity contribution in [2.24, 2.45) is 5.84 Å². The van der Waals surface area contributed by atoms with Gasteiger partial charge in [-0.1, -0.05) is 12.1 Å². The number of rotatable bonds is 4. The van der Waals surface area contributed by atoms with Crippen LogP contribution in [0.2, 0.25) is 0 Å². The van der Waals surface area contributed by atoms with Crippen LogP contribution in [0.1, 0.15) is 20.8 Å². The first kappa shape index (κ1) is 12.7. The first-order valence-corrected chi connectivity index (χ1v) is 7.76. The monoisotopic (exact) mass is 289 g/mol. The maximum atomic E-state index is 5.69. The van der Waals surface area contributed by atoms with Gasteiger partial charge in [-0.15, -0.1) is 22.7 Å². The highest BCUT2D eigenvalue weighted by atomic mass is 32.1. The van der Waals surface area contributed by atoms with Crippen molar-refractivity contribution in [3.8, 4) is 0 Å². The molecular formula is C14H15N3S2. The highest BCUT2D eigenvalue weighted by Gasteiger charge is 2.15. The van der Waals surface area contributed by atoms with Crippen LogP contribution in [-0.4, -0.2) is 4.98 Å². The van der Waals surface area contributed by atoms with E-state index in [4.69, 9.17) is 5.84 Å². The lowest BCUT2D eigenvalue weighted by Gasteiger charge is -2.12. The number of hydrazine groups is 1. The number of thiophene rings is 1. The van der Waals surface area contributed by atoms with Crippen molar-refractivity contribution in [1.29, 1.82) is 0 Å². The van der Waals surface area contributed by atoms with E-state index in [9.17, 15) is 0 Å². The van der Waals surface area contributed by atoms with Gasteiger partial charge in [-0.3, -0.25) is 11.3 Å². The van der Waals surface area contributed by atoms with Crippen molar-refractivity contribution in [3.05, 3.63) is 51.2 Å². The number of fused-ring (bicyclic) bond motifs is 1. The van der Waals surface area contributed by atoms with E-state index in [2.05, 4.69) is 41.6 Å². The Bertz CT molecular complexity index is 654. The van der Waals surface area contributed by atoms with Gasteiger partial charge in [0.2, 0.25) is 0 Å². The van der Waals surface area contributed by atoms with Gasteiger partial charge >= 0.3 is 0 Å². The minimum Gasteiger partial charge on any atom is -0.271 e. The minimum absolute atomic E-state index is 0.138. The Labute approximate surface area is 120 Å². The highest BCUT2D eigenvalue weighted by molar-refractivity contribution is 7.18. The van der Waals surface area contributed by atoms with Crippen molar-refractivity contribution < 1.29 is 0 Å². The lowest BCUT2D eigenvalue weighted by Crippen LogP contribution is -2.28. The van der Waals surface area contributed by atoms with Gasteiger partial charge in [-0.25, -0.2) is 4.98 Å². The summed E-state index contributed by atoms with van der Waals surface area (Å²) >= 11 is 3.52. The smallest absolute Gasteiger partial charge is 0.0958 e. The van der Waals surface area contributed by atoms with E-state index in [1.165, 1.54) is 14.5 Å². The molecule has 1 unspecified atom stereocenters. The van der Waals surface area contributed by atoms with Gasteiger partial charge in [0.15, 0.2) is 0 Å². The van der Waals surface area contributed by atoms with Crippen LogP contribution in [0.15, 0.2) is 36.4 Å². The first-order chi connectivity index (χ1) is 9.26. The SMILES string of the molecule is Cc1ccc(C(Cc2nc3ccccc3s2)NN)s1. The van der Waals surface area contributed by atoms with Crippen LogP contribution in [0.3, 0.4) is 0 Å². The Balaban J connectivity index is 1.86. The number of nitrogens with zero attached hydrogens (tertiary/aromatic N) is 1. The second-order valence-corrected chi connectivity index (χ2v) is 6.88. The molecule has 0 aliphatic heterocycles. The lowest BCUT2D eigenvalue weighted by atomic mass is 10.2. The van der Waals surface area contributed by atoms with Gasteiger partial charge in [0.25, 0.3) is 0 Å². The molecule has 5 heteroatoms. The lowest BCUT2D eigenvalue weighted by molar-refractivity contribution is 0.560. The molecule has 2 aromatic heterocycles.